The Balaban J connectivity index is 1.67. The smallest absolute Gasteiger partial charge is 0.327 e. The van der Waals surface area contributed by atoms with Crippen LogP contribution in [0.3, 0.4) is 0 Å². The average molecular weight is 319 g/mol. The maximum absolute atomic E-state index is 11.6. The van der Waals surface area contributed by atoms with E-state index in [0.29, 0.717) is 11.7 Å². The van der Waals surface area contributed by atoms with Gasteiger partial charge in [-0.15, -0.1) is 0 Å². The fourth-order valence-electron chi connectivity index (χ4n) is 1.80. The fourth-order valence-corrected chi connectivity index (χ4v) is 1.80. The summed E-state index contributed by atoms with van der Waals surface area (Å²) in [6.07, 6.45) is 1.77. The molecule has 1 aromatic carbocycles. The van der Waals surface area contributed by atoms with Gasteiger partial charge in [0.15, 0.2) is 6.61 Å². The van der Waals surface area contributed by atoms with Gasteiger partial charge in [-0.2, -0.15) is 0 Å². The van der Waals surface area contributed by atoms with Gasteiger partial charge < -0.3 is 10.1 Å². The molecule has 1 aliphatic rings. The lowest BCUT2D eigenvalue weighted by atomic mass is 10.0. The van der Waals surface area contributed by atoms with E-state index in [1.165, 1.54) is 5.56 Å². The minimum atomic E-state index is -0.897. The third-order valence-corrected chi connectivity index (χ3v) is 3.35. The molecule has 0 aliphatic heterocycles. The van der Waals surface area contributed by atoms with Gasteiger partial charge >= 0.3 is 11.8 Å². The summed E-state index contributed by atoms with van der Waals surface area (Å²) in [6.45, 7) is 3.92. The Morgan fingerprint density at radius 2 is 1.74 bits per heavy atom. The summed E-state index contributed by atoms with van der Waals surface area (Å²) in [5.41, 5.74) is 5.35. The van der Waals surface area contributed by atoms with Gasteiger partial charge in [0, 0.05) is 6.04 Å². The number of hydrogen-bond acceptors (Lipinski definition) is 4. The normalized spacial score (nSPS) is 13.3. The molecule has 23 heavy (non-hydrogen) atoms. The van der Waals surface area contributed by atoms with Crippen LogP contribution in [-0.4, -0.2) is 30.4 Å². The highest BCUT2D eigenvalue weighted by atomic mass is 16.5. The molecule has 0 heterocycles. The highest BCUT2D eigenvalue weighted by Crippen LogP contribution is 2.18. The van der Waals surface area contributed by atoms with Crippen LogP contribution in [-0.2, 0) is 14.4 Å². The van der Waals surface area contributed by atoms with Gasteiger partial charge in [0.2, 0.25) is 0 Å². The molecule has 1 saturated carbocycles. The van der Waals surface area contributed by atoms with Crippen LogP contribution in [0.1, 0.15) is 38.2 Å². The number of nitrogens with one attached hydrogen (secondary N) is 3. The van der Waals surface area contributed by atoms with Crippen molar-refractivity contribution in [1.29, 1.82) is 0 Å². The zero-order chi connectivity index (χ0) is 16.8. The van der Waals surface area contributed by atoms with Crippen LogP contribution in [0.15, 0.2) is 24.3 Å². The van der Waals surface area contributed by atoms with E-state index in [-0.39, 0.29) is 12.6 Å². The van der Waals surface area contributed by atoms with Crippen molar-refractivity contribution in [3.63, 3.8) is 0 Å². The number of carbonyl (C=O) groups is 3. The van der Waals surface area contributed by atoms with Crippen molar-refractivity contribution in [3.8, 4) is 5.75 Å². The van der Waals surface area contributed by atoms with Crippen molar-refractivity contribution < 1.29 is 19.1 Å². The first-order valence-electron chi connectivity index (χ1n) is 7.58. The molecule has 7 nitrogen and oxygen atoms in total. The first-order chi connectivity index (χ1) is 11.0. The quantitative estimate of drug-likeness (QED) is 0.547. The van der Waals surface area contributed by atoms with E-state index in [2.05, 4.69) is 24.6 Å². The maximum atomic E-state index is 11.6. The van der Waals surface area contributed by atoms with E-state index in [0.717, 1.165) is 12.8 Å². The minimum absolute atomic E-state index is 0.0843. The third-order valence-electron chi connectivity index (χ3n) is 3.35. The van der Waals surface area contributed by atoms with Gasteiger partial charge in [0.1, 0.15) is 5.75 Å². The predicted molar refractivity (Wildman–Crippen MR) is 83.5 cm³/mol. The Kier molecular flexibility index (Phi) is 5.56. The Morgan fingerprint density at radius 1 is 1.09 bits per heavy atom. The molecule has 0 atom stereocenters. The van der Waals surface area contributed by atoms with Crippen LogP contribution in [0.2, 0.25) is 0 Å². The van der Waals surface area contributed by atoms with Crippen LogP contribution in [0, 0.1) is 0 Å². The van der Waals surface area contributed by atoms with Gasteiger partial charge in [-0.25, -0.2) is 0 Å². The van der Waals surface area contributed by atoms with Crippen molar-refractivity contribution in [2.45, 2.75) is 38.6 Å². The minimum Gasteiger partial charge on any atom is -0.484 e. The second kappa shape index (κ2) is 7.62. The molecule has 0 radical (unpaired) electrons. The first-order valence-corrected chi connectivity index (χ1v) is 7.58. The number of amides is 3. The molecule has 3 amide bonds. The van der Waals surface area contributed by atoms with Gasteiger partial charge in [-0.05, 0) is 36.5 Å². The average Bonchev–Trinajstić information content (AvgIpc) is 3.34. The van der Waals surface area contributed by atoms with Crippen LogP contribution < -0.4 is 20.9 Å². The zero-order valence-electron chi connectivity index (χ0n) is 13.2. The molecular weight excluding hydrogens is 298 g/mol. The molecule has 2 rings (SSSR count). The summed E-state index contributed by atoms with van der Waals surface area (Å²) in [5.74, 6) is -1.22. The molecule has 0 bridgehead atoms. The number of hydrogen-bond donors (Lipinski definition) is 3. The second-order valence-electron chi connectivity index (χ2n) is 5.76. The molecule has 0 spiro atoms. The molecule has 1 aliphatic carbocycles. The van der Waals surface area contributed by atoms with Crippen molar-refractivity contribution in [2.24, 2.45) is 0 Å². The highest BCUT2D eigenvalue weighted by Gasteiger charge is 2.26. The summed E-state index contributed by atoms with van der Waals surface area (Å²) in [5, 5.41) is 2.52. The van der Waals surface area contributed by atoms with Crippen molar-refractivity contribution in [1.82, 2.24) is 16.2 Å². The van der Waals surface area contributed by atoms with E-state index in [1.807, 2.05) is 17.6 Å². The Morgan fingerprint density at radius 3 is 2.30 bits per heavy atom. The van der Waals surface area contributed by atoms with Crippen molar-refractivity contribution >= 4 is 17.7 Å². The lowest BCUT2D eigenvalue weighted by Crippen LogP contribution is -2.50. The standard InChI is InChI=1S/C16H21N3O4/c1-10(2)11-3-7-13(8-4-11)23-9-14(20)18-19-16(22)15(21)17-12-5-6-12/h3-4,7-8,10,12H,5-6,9H2,1-2H3,(H,17,21)(H,18,20)(H,19,22). The highest BCUT2D eigenvalue weighted by molar-refractivity contribution is 6.35. The number of benzene rings is 1. The number of hydrazine groups is 1. The maximum Gasteiger partial charge on any atom is 0.327 e. The van der Waals surface area contributed by atoms with E-state index in [9.17, 15) is 14.4 Å². The summed E-state index contributed by atoms with van der Waals surface area (Å²) in [4.78, 5) is 34.3. The molecule has 0 saturated heterocycles. The van der Waals surface area contributed by atoms with E-state index >= 15 is 0 Å². The SMILES string of the molecule is CC(C)c1ccc(OCC(=O)NNC(=O)C(=O)NC2CC2)cc1. The summed E-state index contributed by atoms with van der Waals surface area (Å²) < 4.78 is 5.31. The van der Waals surface area contributed by atoms with Gasteiger partial charge in [0.05, 0.1) is 0 Å². The molecule has 0 unspecified atom stereocenters. The molecule has 124 valence electrons. The van der Waals surface area contributed by atoms with Gasteiger partial charge in [0.25, 0.3) is 5.91 Å². The van der Waals surface area contributed by atoms with E-state index < -0.39 is 17.7 Å². The van der Waals surface area contributed by atoms with Crippen LogP contribution in [0.4, 0.5) is 0 Å². The van der Waals surface area contributed by atoms with Gasteiger partial charge in [-0.3, -0.25) is 25.2 Å². The van der Waals surface area contributed by atoms with Crippen LogP contribution in [0.25, 0.3) is 0 Å². The van der Waals surface area contributed by atoms with Gasteiger partial charge in [-0.1, -0.05) is 26.0 Å². The largest absolute Gasteiger partial charge is 0.484 e. The van der Waals surface area contributed by atoms with Crippen LogP contribution in [0.5, 0.6) is 5.75 Å². The topological polar surface area (TPSA) is 96.5 Å². The third kappa shape index (κ3) is 5.61. The molecular formula is C16H21N3O4. The lowest BCUT2D eigenvalue weighted by Gasteiger charge is -2.10. The fraction of sp³-hybridized carbons (Fsp3) is 0.438. The number of rotatable bonds is 5. The lowest BCUT2D eigenvalue weighted by molar-refractivity contribution is -0.141. The van der Waals surface area contributed by atoms with Crippen LogP contribution >= 0.6 is 0 Å². The summed E-state index contributed by atoms with van der Waals surface area (Å²) in [6, 6.07) is 7.51. The number of carbonyl (C=O) groups excluding carboxylic acids is 3. The Hall–Kier alpha value is -2.57. The Labute approximate surface area is 134 Å². The molecule has 0 aromatic heterocycles. The second-order valence-corrected chi connectivity index (χ2v) is 5.76. The molecule has 3 N–H and O–H groups in total. The van der Waals surface area contributed by atoms with Crippen molar-refractivity contribution in [3.05, 3.63) is 29.8 Å². The first kappa shape index (κ1) is 16.8. The number of ether oxygens (including phenoxy) is 1. The van der Waals surface area contributed by atoms with Crippen molar-refractivity contribution in [2.75, 3.05) is 6.61 Å². The monoisotopic (exact) mass is 319 g/mol. The molecule has 1 fully saturated rings. The molecule has 1 aromatic rings. The summed E-state index contributed by atoms with van der Waals surface area (Å²) >= 11 is 0. The summed E-state index contributed by atoms with van der Waals surface area (Å²) in [7, 11) is 0. The molecule has 7 heteroatoms. The van der Waals surface area contributed by atoms with E-state index in [4.69, 9.17) is 4.74 Å². The van der Waals surface area contributed by atoms with E-state index in [1.54, 1.807) is 12.1 Å². The predicted octanol–water partition coefficient (Wildman–Crippen LogP) is 0.615. The Bertz CT molecular complexity index is 579. The zero-order valence-corrected chi connectivity index (χ0v) is 13.2.